The maximum atomic E-state index is 13.7. The number of benzene rings is 4. The van der Waals surface area contributed by atoms with Crippen molar-refractivity contribution in [3.05, 3.63) is 113 Å². The smallest absolute Gasteiger partial charge is 0.289 e. The fourth-order valence-corrected chi connectivity index (χ4v) is 9.70. The molecular formula is C26H17F3O4S3. The Kier molecular flexibility index (Phi) is 6.16. The average molecular weight is 547 g/mol. The third-order valence-electron chi connectivity index (χ3n) is 5.50. The zero-order chi connectivity index (χ0) is 25.6. The Morgan fingerprint density at radius 2 is 1.17 bits per heavy atom. The van der Waals surface area contributed by atoms with E-state index in [2.05, 4.69) is 0 Å². The molecule has 0 aliphatic carbocycles. The molecule has 0 atom stereocenters. The van der Waals surface area contributed by atoms with E-state index in [1.165, 1.54) is 47.7 Å². The van der Waals surface area contributed by atoms with E-state index in [1.54, 1.807) is 54.6 Å². The van der Waals surface area contributed by atoms with Crippen LogP contribution >= 0.6 is 21.6 Å². The number of fused-ring (bicyclic) bond motifs is 2. The highest BCUT2D eigenvalue weighted by atomic mass is 32.3. The van der Waals surface area contributed by atoms with Crippen LogP contribution in [-0.4, -0.2) is 13.9 Å². The molecule has 0 N–H and O–H groups in total. The van der Waals surface area contributed by atoms with Crippen LogP contribution in [0.4, 0.5) is 13.2 Å². The van der Waals surface area contributed by atoms with Gasteiger partial charge in [0.15, 0.2) is 5.43 Å². The summed E-state index contributed by atoms with van der Waals surface area (Å²) in [4.78, 5) is 14.0. The number of hydrogen-bond acceptors (Lipinski definition) is 5. The van der Waals surface area contributed by atoms with Crippen LogP contribution in [0, 0.1) is 0 Å². The van der Waals surface area contributed by atoms with E-state index < -0.39 is 25.9 Å². The molecule has 0 fully saturated rings. The molecule has 0 saturated heterocycles. The quantitative estimate of drug-likeness (QED) is 0.169. The van der Waals surface area contributed by atoms with Gasteiger partial charge in [-0.15, -0.1) is 11.3 Å². The summed E-state index contributed by atoms with van der Waals surface area (Å²) >= 11 is 1.36. The van der Waals surface area contributed by atoms with Gasteiger partial charge in [-0.25, -0.2) is 0 Å². The van der Waals surface area contributed by atoms with Crippen molar-refractivity contribution in [1.29, 1.82) is 0 Å². The molecule has 0 bridgehead atoms. The minimum absolute atomic E-state index is 0.153. The Bertz CT molecular complexity index is 1690. The lowest BCUT2D eigenvalue weighted by Crippen LogP contribution is -2.27. The van der Waals surface area contributed by atoms with Gasteiger partial charge in [0.25, 0.3) is 0 Å². The molecule has 1 aromatic heterocycles. The van der Waals surface area contributed by atoms with E-state index in [9.17, 15) is 26.4 Å². The summed E-state index contributed by atoms with van der Waals surface area (Å²) in [7, 11) is -9.51. The molecule has 0 radical (unpaired) electrons. The maximum Gasteiger partial charge on any atom is 0.524 e. The number of rotatable bonds is 5. The summed E-state index contributed by atoms with van der Waals surface area (Å²) < 4.78 is 72.6. The molecule has 36 heavy (non-hydrogen) atoms. The zero-order valence-corrected chi connectivity index (χ0v) is 20.8. The highest BCUT2D eigenvalue weighted by Gasteiger charge is 2.52. The third-order valence-corrected chi connectivity index (χ3v) is 11.5. The van der Waals surface area contributed by atoms with E-state index in [1.807, 2.05) is 12.1 Å². The summed E-state index contributed by atoms with van der Waals surface area (Å²) in [5.74, 6) is 0. The molecule has 5 aromatic rings. The summed E-state index contributed by atoms with van der Waals surface area (Å²) in [5, 5.41) is 0.740. The number of halogens is 3. The minimum atomic E-state index is -6.04. The molecule has 0 amide bonds. The molecule has 5 rings (SSSR count). The SMILES string of the molecule is O=c1c2ccccc2sc2ccc(S(OS(=O)(=O)C(F)(F)F)(c3ccccc3)c3ccccc3)cc12. The Morgan fingerprint density at radius 1 is 0.639 bits per heavy atom. The summed E-state index contributed by atoms with van der Waals surface area (Å²) in [6.45, 7) is 0. The van der Waals surface area contributed by atoms with Crippen LogP contribution in [-0.2, 0) is 13.7 Å². The molecule has 0 spiro atoms. The van der Waals surface area contributed by atoms with Crippen molar-refractivity contribution in [2.24, 2.45) is 0 Å². The molecule has 4 aromatic carbocycles. The van der Waals surface area contributed by atoms with Gasteiger partial charge in [0.2, 0.25) is 0 Å². The molecule has 0 unspecified atom stereocenters. The van der Waals surface area contributed by atoms with Crippen LogP contribution in [0.1, 0.15) is 0 Å². The van der Waals surface area contributed by atoms with Gasteiger partial charge in [0, 0.05) is 34.9 Å². The van der Waals surface area contributed by atoms with Crippen molar-refractivity contribution >= 4 is 51.9 Å². The molecule has 0 aliphatic rings. The van der Waals surface area contributed by atoms with E-state index in [0.717, 1.165) is 4.70 Å². The lowest BCUT2D eigenvalue weighted by atomic mass is 10.2. The molecule has 184 valence electrons. The maximum absolute atomic E-state index is 13.7. The van der Waals surface area contributed by atoms with Crippen LogP contribution < -0.4 is 5.43 Å². The van der Waals surface area contributed by atoms with Crippen molar-refractivity contribution < 1.29 is 25.2 Å². The molecule has 0 saturated carbocycles. The van der Waals surface area contributed by atoms with Crippen LogP contribution in [0.15, 0.2) is 123 Å². The van der Waals surface area contributed by atoms with Crippen molar-refractivity contribution in [1.82, 2.24) is 0 Å². The van der Waals surface area contributed by atoms with Crippen LogP contribution in [0.2, 0.25) is 0 Å². The summed E-state index contributed by atoms with van der Waals surface area (Å²) in [6.07, 6.45) is 0. The fraction of sp³-hybridized carbons (Fsp3) is 0.0385. The van der Waals surface area contributed by atoms with Gasteiger partial charge in [-0.2, -0.15) is 25.2 Å². The summed E-state index contributed by atoms with van der Waals surface area (Å²) in [5.41, 5.74) is -5.94. The second kappa shape index (κ2) is 9.04. The van der Waals surface area contributed by atoms with Gasteiger partial charge < -0.3 is 0 Å². The van der Waals surface area contributed by atoms with Gasteiger partial charge >= 0.3 is 15.6 Å². The number of alkyl halides is 3. The molecule has 4 nitrogen and oxygen atoms in total. The van der Waals surface area contributed by atoms with Crippen molar-refractivity contribution in [3.63, 3.8) is 0 Å². The first-order chi connectivity index (χ1) is 17.1. The Labute approximate surface area is 210 Å². The lowest BCUT2D eigenvalue weighted by Gasteiger charge is -2.39. The number of hydrogen-bond donors (Lipinski definition) is 0. The van der Waals surface area contributed by atoms with Gasteiger partial charge in [-0.05, 0) is 64.9 Å². The fourth-order valence-electron chi connectivity index (χ4n) is 3.88. The predicted molar refractivity (Wildman–Crippen MR) is 137 cm³/mol. The first kappa shape index (κ1) is 24.5. The van der Waals surface area contributed by atoms with Gasteiger partial charge in [0.1, 0.15) is 0 Å². The van der Waals surface area contributed by atoms with Crippen LogP contribution in [0.25, 0.3) is 20.2 Å². The standard InChI is InChI=1S/C26H17F3O4S3/c27-26(28,29)36(31,32)33-35(18-9-3-1-4-10-18,19-11-5-2-6-12-19)20-15-16-24-22(17-20)25(30)21-13-7-8-14-23(21)34-24/h1-17H. The van der Waals surface area contributed by atoms with E-state index >= 15 is 0 Å². The van der Waals surface area contributed by atoms with Gasteiger partial charge in [-0.1, -0.05) is 48.5 Å². The Balaban J connectivity index is 1.89. The zero-order valence-electron chi connectivity index (χ0n) is 18.3. The van der Waals surface area contributed by atoms with E-state index in [4.69, 9.17) is 3.63 Å². The Hall–Kier alpha value is -3.18. The first-order valence-corrected chi connectivity index (χ1v) is 14.3. The van der Waals surface area contributed by atoms with E-state index in [-0.39, 0.29) is 25.5 Å². The molecular weight excluding hydrogens is 529 g/mol. The largest absolute Gasteiger partial charge is 0.524 e. The molecule has 0 aliphatic heterocycles. The third kappa shape index (κ3) is 4.09. The van der Waals surface area contributed by atoms with Crippen molar-refractivity contribution in [2.75, 3.05) is 0 Å². The normalized spacial score (nSPS) is 13.2. The van der Waals surface area contributed by atoms with Gasteiger partial charge in [-0.3, -0.25) is 4.79 Å². The lowest BCUT2D eigenvalue weighted by molar-refractivity contribution is -0.0496. The summed E-state index contributed by atoms with van der Waals surface area (Å²) in [6, 6.07) is 27.5. The van der Waals surface area contributed by atoms with Crippen molar-refractivity contribution in [3.8, 4) is 0 Å². The second-order valence-corrected chi connectivity index (χ2v) is 13.3. The highest BCUT2D eigenvalue weighted by Crippen LogP contribution is 2.70. The molecule has 10 heteroatoms. The van der Waals surface area contributed by atoms with Crippen LogP contribution in [0.3, 0.4) is 0 Å². The average Bonchev–Trinajstić information content (AvgIpc) is 2.88. The monoisotopic (exact) mass is 546 g/mol. The second-order valence-electron chi connectivity index (χ2n) is 7.74. The predicted octanol–water partition coefficient (Wildman–Crippen LogP) is 7.48. The first-order valence-electron chi connectivity index (χ1n) is 10.5. The van der Waals surface area contributed by atoms with Crippen LogP contribution in [0.5, 0.6) is 0 Å². The topological polar surface area (TPSA) is 60.4 Å². The minimum Gasteiger partial charge on any atom is -0.289 e. The van der Waals surface area contributed by atoms with Crippen molar-refractivity contribution in [2.45, 2.75) is 20.2 Å². The Morgan fingerprint density at radius 3 is 1.75 bits per heavy atom. The molecule has 1 heterocycles. The highest BCUT2D eigenvalue weighted by molar-refractivity contribution is 8.33. The van der Waals surface area contributed by atoms with E-state index in [0.29, 0.717) is 10.1 Å². The van der Waals surface area contributed by atoms with Gasteiger partial charge in [0.05, 0.1) is 0 Å².